The molecule has 0 bridgehead atoms. The van der Waals surface area contributed by atoms with Crippen LogP contribution in [-0.4, -0.2) is 36.4 Å². The second-order valence-corrected chi connectivity index (χ2v) is 7.76. The number of anilines is 1. The Labute approximate surface area is 159 Å². The molecule has 2 heterocycles. The summed E-state index contributed by atoms with van der Waals surface area (Å²) in [5.74, 6) is 1.11. The molecule has 26 heavy (non-hydrogen) atoms. The Morgan fingerprint density at radius 3 is 2.92 bits per heavy atom. The van der Waals surface area contributed by atoms with Crippen LogP contribution in [0.3, 0.4) is 0 Å². The normalized spacial score (nSPS) is 26.9. The van der Waals surface area contributed by atoms with Gasteiger partial charge in [0.15, 0.2) is 0 Å². The van der Waals surface area contributed by atoms with E-state index < -0.39 is 0 Å². The molecule has 5 nitrogen and oxygen atoms in total. The number of fused-ring (bicyclic) bond motifs is 2. The number of allylic oxidation sites excluding steroid dienone is 3. The third-order valence-corrected chi connectivity index (χ3v) is 6.30. The predicted octanol–water partition coefficient (Wildman–Crippen LogP) is 3.60. The van der Waals surface area contributed by atoms with Crippen LogP contribution in [0.15, 0.2) is 40.7 Å². The number of thioether (sulfide) groups is 1. The second-order valence-electron chi connectivity index (χ2n) is 6.96. The van der Waals surface area contributed by atoms with E-state index in [2.05, 4.69) is 47.7 Å². The number of rotatable bonds is 4. The highest BCUT2D eigenvalue weighted by atomic mass is 32.2. The Balaban J connectivity index is 1.78. The summed E-state index contributed by atoms with van der Waals surface area (Å²) < 4.78 is 5.74. The molecule has 1 aliphatic heterocycles. The molecule has 0 spiro atoms. The fourth-order valence-electron chi connectivity index (χ4n) is 4.32. The van der Waals surface area contributed by atoms with Crippen LogP contribution < -0.4 is 10.2 Å². The minimum Gasteiger partial charge on any atom is -0.391 e. The highest BCUT2D eigenvalue weighted by Crippen LogP contribution is 2.40. The van der Waals surface area contributed by atoms with Crippen molar-refractivity contribution in [3.63, 3.8) is 0 Å². The van der Waals surface area contributed by atoms with Crippen molar-refractivity contribution in [3.8, 4) is 0 Å². The van der Waals surface area contributed by atoms with E-state index in [1.165, 1.54) is 17.0 Å². The van der Waals surface area contributed by atoms with Crippen molar-refractivity contribution >= 4 is 17.7 Å². The highest BCUT2D eigenvalue weighted by Gasteiger charge is 2.37. The van der Waals surface area contributed by atoms with Crippen LogP contribution in [0.5, 0.6) is 0 Å². The summed E-state index contributed by atoms with van der Waals surface area (Å²) in [5.41, 5.74) is 4.78. The molecule has 0 saturated carbocycles. The standard InChI is InChI=1S/C20H26N4OS/c1-12-11-14-15(21-2)8-6-9-16(14)24(12)20-22-18-13(19(23-20)26-4)7-5-10-17(18)25-3/h6,8-9,11,14,16-17,21H,5,7,10H2,1-4H3/t14?,16?,17-/m0/s1. The molecule has 138 valence electrons. The lowest BCUT2D eigenvalue weighted by atomic mass is 9.93. The first-order valence-electron chi connectivity index (χ1n) is 9.19. The fraction of sp³-hybridized carbons (Fsp3) is 0.500. The van der Waals surface area contributed by atoms with Gasteiger partial charge < -0.3 is 15.0 Å². The van der Waals surface area contributed by atoms with Gasteiger partial charge >= 0.3 is 0 Å². The summed E-state index contributed by atoms with van der Waals surface area (Å²) in [5, 5.41) is 4.42. The summed E-state index contributed by atoms with van der Waals surface area (Å²) in [7, 11) is 3.77. The molecule has 6 heteroatoms. The number of methoxy groups -OCH3 is 1. The Bertz CT molecular complexity index is 801. The first kappa shape index (κ1) is 17.6. The maximum Gasteiger partial charge on any atom is 0.231 e. The highest BCUT2D eigenvalue weighted by molar-refractivity contribution is 7.98. The summed E-state index contributed by atoms with van der Waals surface area (Å²) in [6, 6.07) is 0.222. The maximum absolute atomic E-state index is 5.74. The SMILES string of the molecule is CNC1=CC=CC2C1C=C(C)N2c1nc(SC)c2c(n1)[C@@H](OC)CCC2. The van der Waals surface area contributed by atoms with Gasteiger partial charge in [-0.2, -0.15) is 0 Å². The minimum absolute atomic E-state index is 0.0729. The number of nitrogens with zero attached hydrogens (tertiary/aromatic N) is 3. The van der Waals surface area contributed by atoms with E-state index in [0.29, 0.717) is 5.92 Å². The van der Waals surface area contributed by atoms with Crippen molar-refractivity contribution in [2.75, 3.05) is 25.3 Å². The number of ether oxygens (including phenoxy) is 1. The van der Waals surface area contributed by atoms with Crippen LogP contribution in [0.25, 0.3) is 0 Å². The third-order valence-electron chi connectivity index (χ3n) is 5.58. The third kappa shape index (κ3) is 2.76. The van der Waals surface area contributed by atoms with Crippen molar-refractivity contribution < 1.29 is 4.74 Å². The molecule has 0 radical (unpaired) electrons. The van der Waals surface area contributed by atoms with Crippen LogP contribution in [0.2, 0.25) is 0 Å². The van der Waals surface area contributed by atoms with Crippen molar-refractivity contribution in [2.24, 2.45) is 5.92 Å². The van der Waals surface area contributed by atoms with E-state index in [1.54, 1.807) is 18.9 Å². The Morgan fingerprint density at radius 2 is 2.19 bits per heavy atom. The molecular weight excluding hydrogens is 344 g/mol. The molecule has 0 amide bonds. The van der Waals surface area contributed by atoms with Crippen LogP contribution >= 0.6 is 11.8 Å². The monoisotopic (exact) mass is 370 g/mol. The smallest absolute Gasteiger partial charge is 0.231 e. The number of hydrogen-bond acceptors (Lipinski definition) is 6. The van der Waals surface area contributed by atoms with Gasteiger partial charge in [-0.3, -0.25) is 0 Å². The van der Waals surface area contributed by atoms with Gasteiger partial charge in [0.2, 0.25) is 5.95 Å². The van der Waals surface area contributed by atoms with Gasteiger partial charge in [0, 0.05) is 37.0 Å². The summed E-state index contributed by atoms with van der Waals surface area (Å²) in [6.45, 7) is 2.15. The van der Waals surface area contributed by atoms with Crippen molar-refractivity contribution in [3.05, 3.63) is 47.0 Å². The molecule has 2 aliphatic carbocycles. The Morgan fingerprint density at radius 1 is 1.35 bits per heavy atom. The second kappa shape index (κ2) is 7.08. The first-order valence-corrected chi connectivity index (χ1v) is 10.4. The molecule has 1 N–H and O–H groups in total. The van der Waals surface area contributed by atoms with Crippen molar-refractivity contribution in [1.82, 2.24) is 15.3 Å². The molecule has 0 saturated heterocycles. The molecule has 2 unspecified atom stereocenters. The largest absolute Gasteiger partial charge is 0.391 e. The molecule has 4 rings (SSSR count). The van der Waals surface area contributed by atoms with Gasteiger partial charge in [0.05, 0.1) is 17.8 Å². The predicted molar refractivity (Wildman–Crippen MR) is 106 cm³/mol. The lowest BCUT2D eigenvalue weighted by molar-refractivity contribution is 0.0836. The van der Waals surface area contributed by atoms with E-state index in [1.807, 2.05) is 7.05 Å². The molecule has 3 aliphatic rings. The van der Waals surface area contributed by atoms with Gasteiger partial charge in [-0.05, 0) is 38.5 Å². The quantitative estimate of drug-likeness (QED) is 0.645. The average Bonchev–Trinajstić information content (AvgIpc) is 3.02. The van der Waals surface area contributed by atoms with E-state index >= 15 is 0 Å². The fourth-order valence-corrected chi connectivity index (χ4v) is 4.94. The maximum atomic E-state index is 5.74. The molecular formula is C20H26N4OS. The van der Waals surface area contributed by atoms with Crippen molar-refractivity contribution in [2.45, 2.75) is 43.4 Å². The topological polar surface area (TPSA) is 50.3 Å². The van der Waals surface area contributed by atoms with Gasteiger partial charge in [-0.1, -0.05) is 18.2 Å². The Kier molecular flexibility index (Phi) is 4.80. The zero-order chi connectivity index (χ0) is 18.3. The van der Waals surface area contributed by atoms with Crippen molar-refractivity contribution in [1.29, 1.82) is 0 Å². The van der Waals surface area contributed by atoms with Crippen LogP contribution in [0, 0.1) is 5.92 Å². The van der Waals surface area contributed by atoms with Crippen LogP contribution in [0.1, 0.15) is 37.1 Å². The molecule has 0 aromatic carbocycles. The number of hydrogen-bond donors (Lipinski definition) is 1. The Hall–Kier alpha value is -1.79. The zero-order valence-electron chi connectivity index (χ0n) is 15.8. The average molecular weight is 371 g/mol. The lowest BCUT2D eigenvalue weighted by Gasteiger charge is -2.32. The summed E-state index contributed by atoms with van der Waals surface area (Å²) in [6.07, 6.45) is 14.2. The zero-order valence-corrected chi connectivity index (χ0v) is 16.6. The van der Waals surface area contributed by atoms with E-state index in [-0.39, 0.29) is 12.1 Å². The van der Waals surface area contributed by atoms with Gasteiger partial charge in [-0.25, -0.2) is 9.97 Å². The van der Waals surface area contributed by atoms with E-state index in [9.17, 15) is 0 Å². The number of aromatic nitrogens is 2. The molecule has 0 fully saturated rings. The van der Waals surface area contributed by atoms with Gasteiger partial charge in [-0.15, -0.1) is 11.8 Å². The lowest BCUT2D eigenvalue weighted by Crippen LogP contribution is -2.37. The van der Waals surface area contributed by atoms with Gasteiger partial charge in [0.1, 0.15) is 5.03 Å². The van der Waals surface area contributed by atoms with E-state index in [4.69, 9.17) is 14.7 Å². The first-order chi connectivity index (χ1) is 12.7. The number of nitrogens with one attached hydrogen (secondary N) is 1. The summed E-state index contributed by atoms with van der Waals surface area (Å²) in [4.78, 5) is 12.2. The van der Waals surface area contributed by atoms with Gasteiger partial charge in [0.25, 0.3) is 0 Å². The molecule has 3 atom stereocenters. The van der Waals surface area contributed by atoms with Crippen LogP contribution in [-0.2, 0) is 11.2 Å². The van der Waals surface area contributed by atoms with E-state index in [0.717, 1.165) is 35.9 Å². The molecule has 1 aromatic rings. The van der Waals surface area contributed by atoms with Crippen LogP contribution in [0.4, 0.5) is 5.95 Å². The minimum atomic E-state index is 0.0729. The summed E-state index contributed by atoms with van der Waals surface area (Å²) >= 11 is 1.71. The molecule has 1 aromatic heterocycles.